The largest absolute Gasteiger partial charge is 0.416 e. The predicted octanol–water partition coefficient (Wildman–Crippen LogP) is 5.57. The number of nitrogens with zero attached hydrogens (tertiary/aromatic N) is 2. The molecule has 0 aliphatic rings. The summed E-state index contributed by atoms with van der Waals surface area (Å²) >= 11 is 0. The van der Waals surface area contributed by atoms with E-state index in [-0.39, 0.29) is 6.54 Å². The lowest BCUT2D eigenvalue weighted by Gasteiger charge is -2.10. The van der Waals surface area contributed by atoms with Crippen molar-refractivity contribution in [2.24, 2.45) is 0 Å². The van der Waals surface area contributed by atoms with Crippen LogP contribution in [0.4, 0.5) is 13.2 Å². The van der Waals surface area contributed by atoms with Crippen molar-refractivity contribution in [1.29, 1.82) is 0 Å². The number of rotatable bonds is 4. The number of nitrogens with one attached hydrogen (secondary N) is 1. The maximum absolute atomic E-state index is 13.2. The van der Waals surface area contributed by atoms with Gasteiger partial charge in [0, 0.05) is 18.3 Å². The Morgan fingerprint density at radius 3 is 2.42 bits per heavy atom. The number of pyridine rings is 1. The maximum Gasteiger partial charge on any atom is 0.416 e. The van der Waals surface area contributed by atoms with E-state index in [0.29, 0.717) is 22.6 Å². The second-order valence-electron chi connectivity index (χ2n) is 7.49. The van der Waals surface area contributed by atoms with Gasteiger partial charge in [0.2, 0.25) is 0 Å². The summed E-state index contributed by atoms with van der Waals surface area (Å²) in [6, 6.07) is 16.3. The van der Waals surface area contributed by atoms with E-state index in [2.05, 4.69) is 10.3 Å². The van der Waals surface area contributed by atoms with Crippen LogP contribution >= 0.6 is 0 Å². The van der Waals surface area contributed by atoms with Crippen LogP contribution in [-0.4, -0.2) is 15.3 Å². The molecule has 2 heterocycles. The number of hydrogen-bond donors (Lipinski definition) is 1. The minimum atomic E-state index is -4.43. The van der Waals surface area contributed by atoms with Gasteiger partial charge in [0.05, 0.1) is 5.56 Å². The number of alkyl halides is 3. The fraction of sp³-hybridized carbons (Fsp3) is 0.167. The Hall–Kier alpha value is -3.61. The molecule has 31 heavy (non-hydrogen) atoms. The van der Waals surface area contributed by atoms with E-state index in [1.54, 1.807) is 10.5 Å². The van der Waals surface area contributed by atoms with Crippen LogP contribution in [0.25, 0.3) is 16.9 Å². The highest BCUT2D eigenvalue weighted by Gasteiger charge is 2.30. The molecule has 0 unspecified atom stereocenters. The molecule has 7 heteroatoms. The quantitative estimate of drug-likeness (QED) is 0.467. The Morgan fingerprint density at radius 1 is 1.00 bits per heavy atom. The normalized spacial score (nSPS) is 11.6. The molecule has 1 N–H and O–H groups in total. The van der Waals surface area contributed by atoms with Crippen molar-refractivity contribution in [3.63, 3.8) is 0 Å². The monoisotopic (exact) mass is 423 g/mol. The van der Waals surface area contributed by atoms with Crippen LogP contribution < -0.4 is 5.32 Å². The second kappa shape index (κ2) is 7.91. The van der Waals surface area contributed by atoms with Gasteiger partial charge in [0.1, 0.15) is 17.0 Å². The molecule has 2 aromatic heterocycles. The van der Waals surface area contributed by atoms with Crippen molar-refractivity contribution >= 4 is 11.6 Å². The molecule has 1 amide bonds. The van der Waals surface area contributed by atoms with Gasteiger partial charge < -0.3 is 5.32 Å². The fourth-order valence-electron chi connectivity index (χ4n) is 3.40. The molecule has 0 atom stereocenters. The molecular weight excluding hydrogens is 403 g/mol. The summed E-state index contributed by atoms with van der Waals surface area (Å²) in [6.45, 7) is 3.85. The van der Waals surface area contributed by atoms with Gasteiger partial charge >= 0.3 is 6.18 Å². The fourth-order valence-corrected chi connectivity index (χ4v) is 3.40. The molecule has 2 aromatic carbocycles. The number of amides is 1. The van der Waals surface area contributed by atoms with Gasteiger partial charge in [-0.05, 0) is 43.2 Å². The molecule has 4 nitrogen and oxygen atoms in total. The van der Waals surface area contributed by atoms with Crippen molar-refractivity contribution in [2.45, 2.75) is 26.6 Å². The number of aryl methyl sites for hydroxylation is 2. The van der Waals surface area contributed by atoms with E-state index in [1.807, 2.05) is 56.4 Å². The van der Waals surface area contributed by atoms with E-state index in [1.165, 1.54) is 6.07 Å². The molecule has 0 spiro atoms. The summed E-state index contributed by atoms with van der Waals surface area (Å²) < 4.78 is 40.6. The summed E-state index contributed by atoms with van der Waals surface area (Å²) in [4.78, 5) is 17.8. The number of carbonyl (C=O) groups excluding carboxylic acids is 1. The minimum absolute atomic E-state index is 0.0326. The average Bonchev–Trinajstić information content (AvgIpc) is 3.11. The zero-order valence-corrected chi connectivity index (χ0v) is 17.0. The first-order valence-corrected chi connectivity index (χ1v) is 9.72. The van der Waals surface area contributed by atoms with Crippen molar-refractivity contribution < 1.29 is 18.0 Å². The van der Waals surface area contributed by atoms with Crippen molar-refractivity contribution in [1.82, 2.24) is 14.7 Å². The lowest BCUT2D eigenvalue weighted by Crippen LogP contribution is -2.25. The van der Waals surface area contributed by atoms with Crippen molar-refractivity contribution in [2.75, 3.05) is 0 Å². The lowest BCUT2D eigenvalue weighted by atomic mass is 10.1. The molecule has 4 rings (SSSR count). The molecule has 4 aromatic rings. The third-order valence-corrected chi connectivity index (χ3v) is 5.01. The van der Waals surface area contributed by atoms with Gasteiger partial charge in [-0.25, -0.2) is 4.98 Å². The molecule has 0 aliphatic heterocycles. The topological polar surface area (TPSA) is 46.4 Å². The van der Waals surface area contributed by atoms with Crippen LogP contribution in [0.1, 0.15) is 32.7 Å². The molecular formula is C24H20F3N3O. The van der Waals surface area contributed by atoms with Crippen LogP contribution in [0.2, 0.25) is 0 Å². The number of carbonyl (C=O) groups is 1. The van der Waals surface area contributed by atoms with E-state index in [0.717, 1.165) is 28.8 Å². The molecule has 158 valence electrons. The molecule has 0 saturated carbocycles. The van der Waals surface area contributed by atoms with E-state index >= 15 is 0 Å². The molecule has 0 bridgehead atoms. The zero-order valence-electron chi connectivity index (χ0n) is 17.0. The van der Waals surface area contributed by atoms with E-state index < -0.39 is 17.6 Å². The first-order chi connectivity index (χ1) is 14.7. The highest BCUT2D eigenvalue weighted by Crippen LogP contribution is 2.30. The summed E-state index contributed by atoms with van der Waals surface area (Å²) in [5.41, 5.74) is 3.92. The Kier molecular flexibility index (Phi) is 5.27. The summed E-state index contributed by atoms with van der Waals surface area (Å²) in [5.74, 6) is -0.411. The smallest absolute Gasteiger partial charge is 0.347 e. The molecule has 0 fully saturated rings. The van der Waals surface area contributed by atoms with Crippen molar-refractivity contribution in [3.05, 3.63) is 94.8 Å². The third-order valence-electron chi connectivity index (χ3n) is 5.01. The van der Waals surface area contributed by atoms with E-state index in [4.69, 9.17) is 0 Å². The van der Waals surface area contributed by atoms with Crippen LogP contribution in [0, 0.1) is 13.8 Å². The van der Waals surface area contributed by atoms with Gasteiger partial charge in [-0.3, -0.25) is 9.20 Å². The molecule has 0 aliphatic carbocycles. The van der Waals surface area contributed by atoms with Gasteiger partial charge in [-0.15, -0.1) is 0 Å². The highest BCUT2D eigenvalue weighted by atomic mass is 19.4. The molecule has 0 radical (unpaired) electrons. The van der Waals surface area contributed by atoms with Crippen LogP contribution in [-0.2, 0) is 12.7 Å². The van der Waals surface area contributed by atoms with Gasteiger partial charge in [-0.1, -0.05) is 48.0 Å². The molecule has 0 saturated heterocycles. The Labute approximate surface area is 177 Å². The Balaban J connectivity index is 1.69. The standard InChI is InChI=1S/C24H20F3N3O/c1-15-6-9-18(10-7-15)21-22(30-14-16(2)8-11-20(30)29-21)23(31)28-13-17-4-3-5-19(12-17)24(25,26)27/h3-12,14H,13H2,1-2H3,(H,28,31). The third kappa shape index (κ3) is 4.30. The van der Waals surface area contributed by atoms with Crippen LogP contribution in [0.3, 0.4) is 0 Å². The summed E-state index contributed by atoms with van der Waals surface area (Å²) in [7, 11) is 0. The van der Waals surface area contributed by atoms with Gasteiger partial charge in [-0.2, -0.15) is 13.2 Å². The highest BCUT2D eigenvalue weighted by molar-refractivity contribution is 5.99. The number of aromatic nitrogens is 2. The first kappa shape index (κ1) is 20.7. The van der Waals surface area contributed by atoms with Crippen molar-refractivity contribution in [3.8, 4) is 11.3 Å². The lowest BCUT2D eigenvalue weighted by molar-refractivity contribution is -0.137. The van der Waals surface area contributed by atoms with Crippen LogP contribution in [0.5, 0.6) is 0 Å². The zero-order chi connectivity index (χ0) is 22.2. The number of benzene rings is 2. The van der Waals surface area contributed by atoms with Crippen LogP contribution in [0.15, 0.2) is 66.9 Å². The number of hydrogen-bond acceptors (Lipinski definition) is 2. The van der Waals surface area contributed by atoms with E-state index in [9.17, 15) is 18.0 Å². The number of imidazole rings is 1. The van der Waals surface area contributed by atoms with Gasteiger partial charge in [0.15, 0.2) is 0 Å². The minimum Gasteiger partial charge on any atom is -0.347 e. The predicted molar refractivity (Wildman–Crippen MR) is 113 cm³/mol. The summed E-state index contributed by atoms with van der Waals surface area (Å²) in [6.07, 6.45) is -2.61. The number of fused-ring (bicyclic) bond motifs is 1. The second-order valence-corrected chi connectivity index (χ2v) is 7.49. The maximum atomic E-state index is 13.2. The Morgan fingerprint density at radius 2 is 1.71 bits per heavy atom. The summed E-state index contributed by atoms with van der Waals surface area (Å²) in [5, 5.41) is 2.75. The average molecular weight is 423 g/mol. The Bertz CT molecular complexity index is 1260. The number of halogens is 3. The van der Waals surface area contributed by atoms with Gasteiger partial charge in [0.25, 0.3) is 5.91 Å². The first-order valence-electron chi connectivity index (χ1n) is 9.72. The SMILES string of the molecule is Cc1ccc(-c2nc3ccc(C)cn3c2C(=O)NCc2cccc(C(F)(F)F)c2)cc1.